The van der Waals surface area contributed by atoms with Gasteiger partial charge >= 0.3 is 0 Å². The minimum Gasteiger partial charge on any atom is -0.467 e. The number of benzene rings is 1. The van der Waals surface area contributed by atoms with Crippen LogP contribution in [-0.4, -0.2) is 24.0 Å². The third-order valence-electron chi connectivity index (χ3n) is 4.64. The number of aromatic nitrogens is 1. The van der Waals surface area contributed by atoms with Crippen LogP contribution < -0.4 is 15.5 Å². The summed E-state index contributed by atoms with van der Waals surface area (Å²) in [5.41, 5.74) is 3.51. The second-order valence-corrected chi connectivity index (χ2v) is 6.49. The molecule has 0 unspecified atom stereocenters. The van der Waals surface area contributed by atoms with Gasteiger partial charge in [0.15, 0.2) is 0 Å². The molecule has 0 saturated carbocycles. The fraction of sp³-hybridized carbons (Fsp3) is 0.273. The van der Waals surface area contributed by atoms with Gasteiger partial charge in [-0.15, -0.1) is 0 Å². The fourth-order valence-electron chi connectivity index (χ4n) is 2.99. The molecule has 0 aliphatic carbocycles. The molecule has 6 heteroatoms. The van der Waals surface area contributed by atoms with Gasteiger partial charge in [0.05, 0.1) is 18.4 Å². The molecule has 0 fully saturated rings. The maximum atomic E-state index is 12.6. The number of hydrogen-bond acceptors (Lipinski definition) is 5. The molecule has 0 spiro atoms. The zero-order valence-electron chi connectivity index (χ0n) is 16.5. The lowest BCUT2D eigenvalue weighted by Crippen LogP contribution is -2.22. The zero-order chi connectivity index (χ0) is 19.9. The molecular weight excluding hydrogens is 352 g/mol. The first-order chi connectivity index (χ1) is 13.6. The molecule has 0 aliphatic heterocycles. The van der Waals surface area contributed by atoms with E-state index in [1.807, 2.05) is 31.2 Å². The Bertz CT molecular complexity index is 901. The Kier molecular flexibility index (Phi) is 6.32. The largest absolute Gasteiger partial charge is 0.467 e. The van der Waals surface area contributed by atoms with Gasteiger partial charge in [-0.05, 0) is 68.8 Å². The number of furan rings is 1. The molecule has 0 saturated heterocycles. The number of aryl methyl sites for hydroxylation is 1. The van der Waals surface area contributed by atoms with Crippen molar-refractivity contribution in [1.29, 1.82) is 0 Å². The first-order valence-corrected chi connectivity index (χ1v) is 9.50. The highest BCUT2D eigenvalue weighted by Crippen LogP contribution is 2.23. The molecule has 6 nitrogen and oxygen atoms in total. The monoisotopic (exact) mass is 378 g/mol. The van der Waals surface area contributed by atoms with Gasteiger partial charge in [-0.3, -0.25) is 4.79 Å². The lowest BCUT2D eigenvalue weighted by Gasteiger charge is -2.22. The van der Waals surface area contributed by atoms with E-state index in [1.54, 1.807) is 24.6 Å². The van der Waals surface area contributed by atoms with E-state index in [0.717, 1.165) is 35.8 Å². The average Bonchev–Trinajstić information content (AvgIpc) is 3.23. The lowest BCUT2D eigenvalue weighted by atomic mass is 10.1. The highest BCUT2D eigenvalue weighted by molar-refractivity contribution is 6.04. The quantitative estimate of drug-likeness (QED) is 0.595. The van der Waals surface area contributed by atoms with Crippen LogP contribution in [0.3, 0.4) is 0 Å². The summed E-state index contributed by atoms with van der Waals surface area (Å²) < 4.78 is 5.27. The third-order valence-corrected chi connectivity index (χ3v) is 4.64. The molecule has 146 valence electrons. The van der Waals surface area contributed by atoms with Gasteiger partial charge < -0.3 is 20.0 Å². The number of nitrogens with one attached hydrogen (secondary N) is 2. The SMILES string of the molecule is CCN(CC)c1ccc(NC(=O)c2ccc(NCc3ccco3)nc2)c(C)c1. The molecule has 2 aromatic heterocycles. The van der Waals surface area contributed by atoms with E-state index in [-0.39, 0.29) is 5.91 Å². The van der Waals surface area contributed by atoms with Crippen LogP contribution in [0.5, 0.6) is 0 Å². The van der Waals surface area contributed by atoms with Gasteiger partial charge in [-0.2, -0.15) is 0 Å². The Morgan fingerprint density at radius 2 is 1.96 bits per heavy atom. The minimum atomic E-state index is -0.177. The molecule has 0 atom stereocenters. The number of hydrogen-bond donors (Lipinski definition) is 2. The van der Waals surface area contributed by atoms with Crippen molar-refractivity contribution in [2.75, 3.05) is 28.6 Å². The summed E-state index contributed by atoms with van der Waals surface area (Å²) in [5.74, 6) is 1.34. The van der Waals surface area contributed by atoms with Crippen LogP contribution in [-0.2, 0) is 6.54 Å². The molecule has 0 radical (unpaired) electrons. The third kappa shape index (κ3) is 4.71. The van der Waals surface area contributed by atoms with Crippen molar-refractivity contribution < 1.29 is 9.21 Å². The molecule has 1 amide bonds. The molecule has 3 rings (SSSR count). The van der Waals surface area contributed by atoms with Crippen LogP contribution in [0.15, 0.2) is 59.3 Å². The Balaban J connectivity index is 1.62. The standard InChI is InChI=1S/C22H26N4O2/c1-4-26(5-2)18-9-10-20(16(3)13-18)25-22(27)17-8-11-21(23-14-17)24-15-19-7-6-12-28-19/h6-14H,4-5,15H2,1-3H3,(H,23,24)(H,25,27). The highest BCUT2D eigenvalue weighted by atomic mass is 16.3. The maximum Gasteiger partial charge on any atom is 0.257 e. The van der Waals surface area contributed by atoms with Gasteiger partial charge in [-0.1, -0.05) is 0 Å². The molecule has 28 heavy (non-hydrogen) atoms. The van der Waals surface area contributed by atoms with Gasteiger partial charge in [-0.25, -0.2) is 4.98 Å². The van der Waals surface area contributed by atoms with E-state index in [4.69, 9.17) is 4.42 Å². The van der Waals surface area contributed by atoms with Gasteiger partial charge in [0.25, 0.3) is 5.91 Å². The van der Waals surface area contributed by atoms with Crippen LogP contribution in [0, 0.1) is 6.92 Å². The number of rotatable bonds is 8. The second-order valence-electron chi connectivity index (χ2n) is 6.49. The van der Waals surface area contributed by atoms with Crippen LogP contribution in [0.2, 0.25) is 0 Å². The van der Waals surface area contributed by atoms with E-state index in [9.17, 15) is 4.79 Å². The summed E-state index contributed by atoms with van der Waals surface area (Å²) in [6.07, 6.45) is 3.20. The molecule has 2 N–H and O–H groups in total. The van der Waals surface area contributed by atoms with Gasteiger partial charge in [0, 0.05) is 30.7 Å². The van der Waals surface area contributed by atoms with E-state index in [2.05, 4.69) is 40.4 Å². The number of carbonyl (C=O) groups is 1. The summed E-state index contributed by atoms with van der Waals surface area (Å²) >= 11 is 0. The molecule has 0 aliphatic rings. The normalized spacial score (nSPS) is 10.5. The number of carbonyl (C=O) groups excluding carboxylic acids is 1. The van der Waals surface area contributed by atoms with E-state index in [0.29, 0.717) is 17.9 Å². The van der Waals surface area contributed by atoms with Crippen molar-refractivity contribution in [3.63, 3.8) is 0 Å². The predicted molar refractivity (Wildman–Crippen MR) is 113 cm³/mol. The van der Waals surface area contributed by atoms with Crippen LogP contribution >= 0.6 is 0 Å². The Hall–Kier alpha value is -3.28. The van der Waals surface area contributed by atoms with Crippen LogP contribution in [0.25, 0.3) is 0 Å². The summed E-state index contributed by atoms with van der Waals surface area (Å²) in [4.78, 5) is 19.1. The smallest absolute Gasteiger partial charge is 0.257 e. The molecule has 0 bridgehead atoms. The summed E-state index contributed by atoms with van der Waals surface area (Å²) in [7, 11) is 0. The first kappa shape index (κ1) is 19.5. The molecule has 2 heterocycles. The number of nitrogens with zero attached hydrogens (tertiary/aromatic N) is 2. The van der Waals surface area contributed by atoms with Gasteiger partial charge in [0.1, 0.15) is 11.6 Å². The Labute approximate surface area is 165 Å². The van der Waals surface area contributed by atoms with E-state index >= 15 is 0 Å². The van der Waals surface area contributed by atoms with Crippen molar-refractivity contribution in [1.82, 2.24) is 4.98 Å². The average molecular weight is 378 g/mol. The number of anilines is 3. The van der Waals surface area contributed by atoms with E-state index in [1.165, 1.54) is 0 Å². The summed E-state index contributed by atoms with van der Waals surface area (Å²) in [5, 5.41) is 6.13. The Morgan fingerprint density at radius 1 is 1.14 bits per heavy atom. The van der Waals surface area contributed by atoms with Crippen molar-refractivity contribution >= 4 is 23.1 Å². The second kappa shape index (κ2) is 9.08. The molecule has 1 aromatic carbocycles. The first-order valence-electron chi connectivity index (χ1n) is 9.50. The number of amides is 1. The maximum absolute atomic E-state index is 12.6. The van der Waals surface area contributed by atoms with E-state index < -0.39 is 0 Å². The van der Waals surface area contributed by atoms with Crippen LogP contribution in [0.1, 0.15) is 35.5 Å². The summed E-state index contributed by atoms with van der Waals surface area (Å²) in [6.45, 7) is 8.72. The van der Waals surface area contributed by atoms with Crippen molar-refractivity contribution in [2.24, 2.45) is 0 Å². The van der Waals surface area contributed by atoms with Crippen molar-refractivity contribution in [3.05, 3.63) is 71.8 Å². The Morgan fingerprint density at radius 3 is 2.57 bits per heavy atom. The zero-order valence-corrected chi connectivity index (χ0v) is 16.5. The minimum absolute atomic E-state index is 0.177. The van der Waals surface area contributed by atoms with Gasteiger partial charge in [0.2, 0.25) is 0 Å². The number of pyridine rings is 1. The molecule has 3 aromatic rings. The van der Waals surface area contributed by atoms with Crippen molar-refractivity contribution in [2.45, 2.75) is 27.3 Å². The summed E-state index contributed by atoms with van der Waals surface area (Å²) in [6, 6.07) is 13.4. The topological polar surface area (TPSA) is 70.4 Å². The lowest BCUT2D eigenvalue weighted by molar-refractivity contribution is 0.102. The highest BCUT2D eigenvalue weighted by Gasteiger charge is 2.10. The van der Waals surface area contributed by atoms with Crippen LogP contribution in [0.4, 0.5) is 17.2 Å². The predicted octanol–water partition coefficient (Wildman–Crippen LogP) is 4.69. The van der Waals surface area contributed by atoms with Crippen molar-refractivity contribution in [3.8, 4) is 0 Å². The molecular formula is C22H26N4O2. The fourth-order valence-corrected chi connectivity index (χ4v) is 2.99.